The Bertz CT molecular complexity index is 852. The van der Waals surface area contributed by atoms with Crippen LogP contribution in [0.2, 0.25) is 0 Å². The average molecular weight is 465 g/mol. The predicted molar refractivity (Wildman–Crippen MR) is 128 cm³/mol. The van der Waals surface area contributed by atoms with E-state index in [1.54, 1.807) is 52.3 Å². The highest BCUT2D eigenvalue weighted by Gasteiger charge is 2.29. The van der Waals surface area contributed by atoms with E-state index in [9.17, 15) is 0 Å². The van der Waals surface area contributed by atoms with Crippen molar-refractivity contribution in [2.24, 2.45) is 0 Å². The fourth-order valence-corrected chi connectivity index (χ4v) is 5.77. The molecule has 2 aromatic rings. The Kier molecular flexibility index (Phi) is 9.07. The smallest absolute Gasteiger partial charge is 0.161 e. The molecule has 2 aromatic carbocycles. The zero-order chi connectivity index (χ0) is 22.2. The van der Waals surface area contributed by atoms with Crippen LogP contribution < -0.4 is 18.9 Å². The van der Waals surface area contributed by atoms with Crippen molar-refractivity contribution < 1.29 is 18.9 Å². The van der Waals surface area contributed by atoms with Gasteiger partial charge in [-0.15, -0.1) is 0 Å². The summed E-state index contributed by atoms with van der Waals surface area (Å²) in [5, 5.41) is 0. The highest BCUT2D eigenvalue weighted by atomic mass is 32.2. The van der Waals surface area contributed by atoms with Gasteiger partial charge in [0, 0.05) is 35.5 Å². The van der Waals surface area contributed by atoms with E-state index in [4.69, 9.17) is 18.9 Å². The third-order valence-corrected chi connectivity index (χ3v) is 7.38. The molecule has 0 bridgehead atoms. The van der Waals surface area contributed by atoms with E-state index in [0.717, 1.165) is 65.3 Å². The van der Waals surface area contributed by atoms with Gasteiger partial charge in [-0.1, -0.05) is 6.92 Å². The van der Waals surface area contributed by atoms with Crippen molar-refractivity contribution in [3.63, 3.8) is 0 Å². The number of hydrogen-bond acceptors (Lipinski definition) is 8. The second-order valence-electron chi connectivity index (χ2n) is 7.19. The molecule has 8 heteroatoms. The monoisotopic (exact) mass is 464 g/mol. The molecule has 1 aliphatic rings. The third kappa shape index (κ3) is 6.16. The minimum Gasteiger partial charge on any atom is -0.493 e. The molecule has 0 saturated carbocycles. The first-order chi connectivity index (χ1) is 15.1. The Hall–Kier alpha value is -1.74. The van der Waals surface area contributed by atoms with Gasteiger partial charge in [0.2, 0.25) is 0 Å². The zero-order valence-electron chi connectivity index (χ0n) is 18.9. The van der Waals surface area contributed by atoms with Gasteiger partial charge in [0.1, 0.15) is 0 Å². The fraction of sp³-hybridized carbons (Fsp3) is 0.478. The lowest BCUT2D eigenvalue weighted by atomic mass is 10.2. The Labute approximate surface area is 194 Å². The summed E-state index contributed by atoms with van der Waals surface area (Å²) in [6.07, 6.45) is 2.25. The summed E-state index contributed by atoms with van der Waals surface area (Å²) in [7, 11) is 6.67. The summed E-state index contributed by atoms with van der Waals surface area (Å²) in [6, 6.07) is 12.7. The molecule has 0 aliphatic carbocycles. The van der Waals surface area contributed by atoms with Gasteiger partial charge in [0.05, 0.1) is 28.4 Å². The van der Waals surface area contributed by atoms with E-state index in [-0.39, 0.29) is 0 Å². The van der Waals surface area contributed by atoms with Crippen molar-refractivity contribution >= 4 is 23.9 Å². The molecule has 31 heavy (non-hydrogen) atoms. The van der Waals surface area contributed by atoms with Crippen LogP contribution in [0.15, 0.2) is 46.2 Å². The van der Waals surface area contributed by atoms with E-state index in [1.807, 2.05) is 18.2 Å². The molecule has 0 spiro atoms. The van der Waals surface area contributed by atoms with E-state index in [0.29, 0.717) is 6.04 Å². The number of rotatable bonds is 11. The minimum absolute atomic E-state index is 0.491. The molecule has 0 N–H and O–H groups in total. The molecule has 6 nitrogen and oxygen atoms in total. The van der Waals surface area contributed by atoms with E-state index in [1.165, 1.54) is 0 Å². The van der Waals surface area contributed by atoms with E-state index in [2.05, 4.69) is 33.7 Å². The number of ether oxygens (including phenoxy) is 4. The topological polar surface area (TPSA) is 43.4 Å². The Morgan fingerprint density at radius 2 is 1.45 bits per heavy atom. The maximum atomic E-state index is 5.48. The molecule has 0 unspecified atom stereocenters. The van der Waals surface area contributed by atoms with Gasteiger partial charge in [-0.25, -0.2) is 8.61 Å². The molecule has 1 saturated heterocycles. The van der Waals surface area contributed by atoms with Crippen LogP contribution >= 0.6 is 23.9 Å². The van der Waals surface area contributed by atoms with Gasteiger partial charge in [0.25, 0.3) is 0 Å². The summed E-state index contributed by atoms with van der Waals surface area (Å²) in [4.78, 5) is 2.32. The molecule has 0 amide bonds. The van der Waals surface area contributed by atoms with Gasteiger partial charge in [-0.2, -0.15) is 0 Å². The third-order valence-electron chi connectivity index (χ3n) is 5.14. The molecule has 170 valence electrons. The van der Waals surface area contributed by atoms with Crippen LogP contribution in [0.3, 0.4) is 0 Å². The average Bonchev–Trinajstić information content (AvgIpc) is 3.26. The maximum absolute atomic E-state index is 5.48. The van der Waals surface area contributed by atoms with Crippen LogP contribution in [0.4, 0.5) is 0 Å². The summed E-state index contributed by atoms with van der Waals surface area (Å²) in [5.41, 5.74) is 0. The van der Waals surface area contributed by atoms with Crippen molar-refractivity contribution in [2.75, 3.05) is 48.1 Å². The van der Waals surface area contributed by atoms with Gasteiger partial charge in [0.15, 0.2) is 23.0 Å². The van der Waals surface area contributed by atoms with Crippen molar-refractivity contribution in [1.29, 1.82) is 0 Å². The molecule has 1 fully saturated rings. The molecule has 0 aromatic heterocycles. The summed E-state index contributed by atoms with van der Waals surface area (Å²) < 4.78 is 26.6. The first-order valence-electron chi connectivity index (χ1n) is 10.4. The van der Waals surface area contributed by atoms with Crippen molar-refractivity contribution in [3.05, 3.63) is 36.4 Å². The van der Waals surface area contributed by atoms with Crippen LogP contribution in [0.25, 0.3) is 0 Å². The zero-order valence-corrected chi connectivity index (χ0v) is 20.6. The predicted octanol–water partition coefficient (Wildman–Crippen LogP) is 5.22. The minimum atomic E-state index is 0.491. The quantitative estimate of drug-likeness (QED) is 0.419. The SMILES string of the molecule is CCCN(Sc1ccc(OC)c(OC)c1)[C@H]1CCN(Sc2ccc(OC)c(OC)c2)C1. The lowest BCUT2D eigenvalue weighted by Gasteiger charge is -2.27. The first-order valence-corrected chi connectivity index (χ1v) is 12.0. The maximum Gasteiger partial charge on any atom is 0.161 e. The fourth-order valence-electron chi connectivity index (χ4n) is 3.58. The molecule has 1 heterocycles. The highest BCUT2D eigenvalue weighted by Crippen LogP contribution is 2.38. The Balaban J connectivity index is 1.64. The summed E-state index contributed by atoms with van der Waals surface area (Å²) in [6.45, 7) is 5.33. The summed E-state index contributed by atoms with van der Waals surface area (Å²) in [5.74, 6) is 3.04. The number of benzene rings is 2. The highest BCUT2D eigenvalue weighted by molar-refractivity contribution is 7.97. The standard InChI is InChI=1S/C23H32N2O4S2/c1-6-12-25(31-19-8-10-21(27-3)23(15-19)29-5)17-11-13-24(16-17)30-18-7-9-20(26-2)22(14-18)28-4/h7-10,14-15,17H,6,11-13,16H2,1-5H3/t17-/m0/s1. The molecule has 1 aliphatic heterocycles. The number of methoxy groups -OCH3 is 4. The van der Waals surface area contributed by atoms with Gasteiger partial charge >= 0.3 is 0 Å². The molecular weight excluding hydrogens is 432 g/mol. The van der Waals surface area contributed by atoms with Crippen LogP contribution in [-0.2, 0) is 0 Å². The molecule has 3 rings (SSSR count). The second kappa shape index (κ2) is 11.8. The normalized spacial score (nSPS) is 16.5. The molecule has 0 radical (unpaired) electrons. The van der Waals surface area contributed by atoms with Gasteiger partial charge in [-0.05, 0) is 73.1 Å². The number of nitrogens with zero attached hydrogens (tertiary/aromatic N) is 2. The van der Waals surface area contributed by atoms with Gasteiger partial charge < -0.3 is 18.9 Å². The number of hydrogen-bond donors (Lipinski definition) is 0. The summed E-state index contributed by atoms with van der Waals surface area (Å²) >= 11 is 3.59. The largest absolute Gasteiger partial charge is 0.493 e. The second-order valence-corrected chi connectivity index (χ2v) is 9.48. The van der Waals surface area contributed by atoms with Crippen LogP contribution in [0, 0.1) is 0 Å². The lowest BCUT2D eigenvalue weighted by Crippen LogP contribution is -2.32. The first kappa shape index (κ1) is 23.9. The van der Waals surface area contributed by atoms with E-state index >= 15 is 0 Å². The van der Waals surface area contributed by atoms with Crippen molar-refractivity contribution in [2.45, 2.75) is 35.6 Å². The van der Waals surface area contributed by atoms with E-state index < -0.39 is 0 Å². The van der Waals surface area contributed by atoms with Crippen molar-refractivity contribution in [3.8, 4) is 23.0 Å². The van der Waals surface area contributed by atoms with Crippen molar-refractivity contribution in [1.82, 2.24) is 8.61 Å². The lowest BCUT2D eigenvalue weighted by molar-refractivity contribution is 0.352. The van der Waals surface area contributed by atoms with Crippen LogP contribution in [0.5, 0.6) is 23.0 Å². The van der Waals surface area contributed by atoms with Gasteiger partial charge in [-0.3, -0.25) is 0 Å². The Morgan fingerprint density at radius 1 is 0.871 bits per heavy atom. The molecular formula is C23H32N2O4S2. The molecule has 1 atom stereocenters. The van der Waals surface area contributed by atoms with Crippen LogP contribution in [-0.4, -0.2) is 62.7 Å². The Morgan fingerprint density at radius 3 is 2.03 bits per heavy atom. The van der Waals surface area contributed by atoms with Crippen LogP contribution in [0.1, 0.15) is 19.8 Å².